The Morgan fingerprint density at radius 1 is 1.04 bits per heavy atom. The average Bonchev–Trinajstić information content (AvgIpc) is 2.98. The van der Waals surface area contributed by atoms with E-state index in [2.05, 4.69) is 0 Å². The van der Waals surface area contributed by atoms with Crippen molar-refractivity contribution >= 4 is 52.4 Å². The summed E-state index contributed by atoms with van der Waals surface area (Å²) >= 11 is 16.9. The van der Waals surface area contributed by atoms with E-state index in [0.717, 1.165) is 5.56 Å². The highest BCUT2D eigenvalue weighted by Crippen LogP contribution is 2.35. The van der Waals surface area contributed by atoms with E-state index in [1.165, 1.54) is 4.90 Å². The lowest BCUT2D eigenvalue weighted by Gasteiger charge is -2.25. The molecule has 0 N–H and O–H groups in total. The maximum Gasteiger partial charge on any atom is 0.415 e. The van der Waals surface area contributed by atoms with Crippen LogP contribution in [0.2, 0.25) is 0 Å². The number of hydrogen-bond acceptors (Lipinski definition) is 3. The van der Waals surface area contributed by atoms with Gasteiger partial charge in [-0.3, -0.25) is 9.69 Å². The van der Waals surface area contributed by atoms with E-state index < -0.39 is 22.5 Å². The van der Waals surface area contributed by atoms with Gasteiger partial charge in [-0.1, -0.05) is 83.3 Å². The van der Waals surface area contributed by atoms with E-state index >= 15 is 0 Å². The van der Waals surface area contributed by atoms with Crippen molar-refractivity contribution < 1.29 is 14.3 Å². The summed E-state index contributed by atoms with van der Waals surface area (Å²) in [6.45, 7) is -0.401. The molecular formula is C18H14Cl3NO3. The van der Waals surface area contributed by atoms with Gasteiger partial charge in [0.2, 0.25) is 3.79 Å². The van der Waals surface area contributed by atoms with Crippen LogP contribution in [0.15, 0.2) is 54.6 Å². The SMILES string of the molecule is O=C(c1ccccc1)C1Cc2ccccc2N1C(=O)OCC(Cl)(Cl)Cl. The summed E-state index contributed by atoms with van der Waals surface area (Å²) in [5.74, 6) is -0.164. The molecule has 1 amide bonds. The Hall–Kier alpha value is -1.75. The Kier molecular flexibility index (Phi) is 5.23. The first kappa shape index (κ1) is 18.1. The van der Waals surface area contributed by atoms with Crippen molar-refractivity contribution in [2.75, 3.05) is 11.5 Å². The third-order valence-electron chi connectivity index (χ3n) is 3.89. The minimum atomic E-state index is -1.71. The number of alkyl halides is 3. The second-order valence-corrected chi connectivity index (χ2v) is 8.13. The van der Waals surface area contributed by atoms with Gasteiger partial charge in [-0.2, -0.15) is 0 Å². The molecule has 1 unspecified atom stereocenters. The van der Waals surface area contributed by atoms with E-state index in [0.29, 0.717) is 17.7 Å². The first-order chi connectivity index (χ1) is 11.9. The molecular weight excluding hydrogens is 385 g/mol. The highest BCUT2D eigenvalue weighted by Gasteiger charge is 2.40. The predicted octanol–water partition coefficient (Wildman–Crippen LogP) is 4.81. The van der Waals surface area contributed by atoms with Crippen LogP contribution in [-0.2, 0) is 11.2 Å². The summed E-state index contributed by atoms with van der Waals surface area (Å²) in [5.41, 5.74) is 2.05. The van der Waals surface area contributed by atoms with Crippen molar-refractivity contribution in [2.45, 2.75) is 16.3 Å². The minimum absolute atomic E-state index is 0.164. The molecule has 1 aliphatic rings. The number of nitrogens with zero attached hydrogens (tertiary/aromatic N) is 1. The number of para-hydroxylation sites is 1. The average molecular weight is 399 g/mol. The lowest BCUT2D eigenvalue weighted by molar-refractivity contribution is 0.0949. The maximum atomic E-state index is 12.9. The van der Waals surface area contributed by atoms with Crippen LogP contribution in [0.25, 0.3) is 0 Å². The molecule has 0 radical (unpaired) electrons. The maximum absolute atomic E-state index is 12.9. The number of rotatable bonds is 3. The van der Waals surface area contributed by atoms with Crippen molar-refractivity contribution in [1.82, 2.24) is 0 Å². The number of anilines is 1. The zero-order valence-corrected chi connectivity index (χ0v) is 15.3. The monoisotopic (exact) mass is 397 g/mol. The molecule has 2 aromatic rings. The summed E-state index contributed by atoms with van der Waals surface area (Å²) in [5, 5.41) is 0. The predicted molar refractivity (Wildman–Crippen MR) is 98.8 cm³/mol. The Labute approximate surface area is 160 Å². The largest absolute Gasteiger partial charge is 0.445 e. The van der Waals surface area contributed by atoms with Gasteiger partial charge in [-0.25, -0.2) is 4.79 Å². The van der Waals surface area contributed by atoms with E-state index in [4.69, 9.17) is 39.5 Å². The van der Waals surface area contributed by atoms with Gasteiger partial charge >= 0.3 is 6.09 Å². The van der Waals surface area contributed by atoms with Crippen LogP contribution in [0.4, 0.5) is 10.5 Å². The molecule has 1 atom stereocenters. The van der Waals surface area contributed by atoms with Crippen LogP contribution in [0, 0.1) is 0 Å². The third kappa shape index (κ3) is 4.09. The number of carbonyl (C=O) groups is 2. The molecule has 1 heterocycles. The molecule has 0 spiro atoms. The van der Waals surface area contributed by atoms with Crippen LogP contribution in [0.5, 0.6) is 0 Å². The summed E-state index contributed by atoms with van der Waals surface area (Å²) in [6, 6.07) is 15.4. The van der Waals surface area contributed by atoms with Gasteiger partial charge in [0.25, 0.3) is 0 Å². The molecule has 3 rings (SSSR count). The molecule has 25 heavy (non-hydrogen) atoms. The summed E-state index contributed by atoms with van der Waals surface area (Å²) in [6.07, 6.45) is -0.308. The lowest BCUT2D eigenvalue weighted by Crippen LogP contribution is -2.44. The summed E-state index contributed by atoms with van der Waals surface area (Å²) in [7, 11) is 0. The molecule has 7 heteroatoms. The first-order valence-corrected chi connectivity index (χ1v) is 8.70. The normalized spacial score (nSPS) is 16.4. The third-order valence-corrected chi connectivity index (χ3v) is 4.22. The van der Waals surface area contributed by atoms with Crippen molar-refractivity contribution in [3.8, 4) is 0 Å². The topological polar surface area (TPSA) is 46.6 Å². The van der Waals surface area contributed by atoms with Crippen molar-refractivity contribution in [3.63, 3.8) is 0 Å². The van der Waals surface area contributed by atoms with Crippen LogP contribution >= 0.6 is 34.8 Å². The van der Waals surface area contributed by atoms with Crippen molar-refractivity contribution in [2.24, 2.45) is 0 Å². The van der Waals surface area contributed by atoms with Crippen LogP contribution in [0.1, 0.15) is 15.9 Å². The minimum Gasteiger partial charge on any atom is -0.445 e. The standard InChI is InChI=1S/C18H14Cl3NO3/c19-18(20,21)11-25-17(24)22-14-9-5-4-8-13(14)10-15(22)16(23)12-6-2-1-3-7-12/h1-9,15H,10-11H2. The van der Waals surface area contributed by atoms with Crippen LogP contribution < -0.4 is 4.90 Å². The molecule has 4 nitrogen and oxygen atoms in total. The number of Topliss-reactive ketones (excluding diaryl/α,β-unsaturated/α-hetero) is 1. The van der Waals surface area contributed by atoms with Crippen molar-refractivity contribution in [3.05, 3.63) is 65.7 Å². The Bertz CT molecular complexity index is 790. The number of ketones is 1. The van der Waals surface area contributed by atoms with Gasteiger partial charge in [-0.15, -0.1) is 0 Å². The molecule has 0 aliphatic carbocycles. The fourth-order valence-corrected chi connectivity index (χ4v) is 2.99. The highest BCUT2D eigenvalue weighted by molar-refractivity contribution is 6.67. The van der Waals surface area contributed by atoms with Gasteiger partial charge in [0.15, 0.2) is 5.78 Å². The molecule has 1 aliphatic heterocycles. The second kappa shape index (κ2) is 7.24. The number of benzene rings is 2. The van der Waals surface area contributed by atoms with Crippen LogP contribution in [-0.4, -0.2) is 28.3 Å². The van der Waals surface area contributed by atoms with E-state index in [1.807, 2.05) is 18.2 Å². The first-order valence-electron chi connectivity index (χ1n) is 7.57. The number of ether oxygens (including phenoxy) is 1. The number of hydrogen-bond donors (Lipinski definition) is 0. The number of fused-ring (bicyclic) bond motifs is 1. The Morgan fingerprint density at radius 3 is 2.36 bits per heavy atom. The fourth-order valence-electron chi connectivity index (χ4n) is 2.83. The number of halogens is 3. The molecule has 0 saturated carbocycles. The summed E-state index contributed by atoms with van der Waals surface area (Å²) < 4.78 is 3.39. The van der Waals surface area contributed by atoms with Gasteiger partial charge in [-0.05, 0) is 11.6 Å². The molecule has 0 saturated heterocycles. The summed E-state index contributed by atoms with van der Waals surface area (Å²) in [4.78, 5) is 26.8. The van der Waals surface area contributed by atoms with E-state index in [1.54, 1.807) is 36.4 Å². The van der Waals surface area contributed by atoms with Gasteiger partial charge in [0, 0.05) is 12.0 Å². The lowest BCUT2D eigenvalue weighted by atomic mass is 10.0. The quantitative estimate of drug-likeness (QED) is 0.551. The zero-order valence-electron chi connectivity index (χ0n) is 13.0. The van der Waals surface area contributed by atoms with Gasteiger partial charge in [0.05, 0.1) is 5.69 Å². The van der Waals surface area contributed by atoms with E-state index in [-0.39, 0.29) is 5.78 Å². The molecule has 0 fully saturated rings. The van der Waals surface area contributed by atoms with Crippen LogP contribution in [0.3, 0.4) is 0 Å². The Morgan fingerprint density at radius 2 is 1.68 bits per heavy atom. The highest BCUT2D eigenvalue weighted by atomic mass is 35.6. The molecule has 0 bridgehead atoms. The smallest absolute Gasteiger partial charge is 0.415 e. The molecule has 130 valence electrons. The Balaban J connectivity index is 1.89. The second-order valence-electron chi connectivity index (χ2n) is 5.62. The molecule has 2 aromatic carbocycles. The fraction of sp³-hybridized carbons (Fsp3) is 0.222. The van der Waals surface area contributed by atoms with Gasteiger partial charge in [0.1, 0.15) is 12.6 Å². The number of carbonyl (C=O) groups excluding carboxylic acids is 2. The van der Waals surface area contributed by atoms with Gasteiger partial charge < -0.3 is 4.74 Å². The zero-order chi connectivity index (χ0) is 18.0. The number of amides is 1. The van der Waals surface area contributed by atoms with E-state index in [9.17, 15) is 9.59 Å². The van der Waals surface area contributed by atoms with Crippen molar-refractivity contribution in [1.29, 1.82) is 0 Å². The molecule has 0 aromatic heterocycles.